The molecule has 5 aromatic rings. The lowest BCUT2D eigenvalue weighted by molar-refractivity contribution is -0.384. The third kappa shape index (κ3) is 11.0. The van der Waals surface area contributed by atoms with E-state index in [1.54, 1.807) is 23.9 Å². The smallest absolute Gasteiger partial charge is 0.293 e. The van der Waals surface area contributed by atoms with E-state index < -0.39 is 0 Å². The molecule has 1 fully saturated rings. The topological polar surface area (TPSA) is 94.0 Å². The van der Waals surface area contributed by atoms with E-state index in [9.17, 15) is 14.9 Å². The molecule has 2 N–H and O–H groups in total. The van der Waals surface area contributed by atoms with E-state index in [1.807, 2.05) is 68.7 Å². The summed E-state index contributed by atoms with van der Waals surface area (Å²) in [6, 6.07) is 39.4. The van der Waals surface area contributed by atoms with Crippen molar-refractivity contribution in [3.63, 3.8) is 0 Å². The van der Waals surface area contributed by atoms with Gasteiger partial charge in [0.05, 0.1) is 4.92 Å². The van der Waals surface area contributed by atoms with Crippen molar-refractivity contribution in [1.82, 2.24) is 14.5 Å². The number of nitrogens with one attached hydrogen (secondary N) is 2. The fourth-order valence-corrected chi connectivity index (χ4v) is 8.11. The summed E-state index contributed by atoms with van der Waals surface area (Å²) in [7, 11) is 4.04. The number of nitro benzene ring substituents is 1. The van der Waals surface area contributed by atoms with Gasteiger partial charge in [0.1, 0.15) is 5.69 Å². The monoisotopic (exact) mass is 780 g/mol. The number of hydrogen-bond donors (Lipinski definition) is 2. The van der Waals surface area contributed by atoms with Crippen molar-refractivity contribution in [2.75, 3.05) is 62.8 Å². The first-order valence-electron chi connectivity index (χ1n) is 18.0. The molecule has 0 aliphatic carbocycles. The number of nitrogens with zero attached hydrogens (tertiary/aromatic N) is 4. The molecule has 0 bridgehead atoms. The SMILES string of the molecule is CN(C)CCC(CSc1ccccc1)Nc1ccc(SNC(=O)c2ccc(N3CCN(Cc4ccccc4-c4ccc(Cl)cc4)CC3)cc2)cc1[N+](=O)[O-]. The largest absolute Gasteiger partial charge is 0.376 e. The molecule has 1 aliphatic heterocycles. The third-order valence-electron chi connectivity index (χ3n) is 9.34. The zero-order chi connectivity index (χ0) is 37.9. The highest BCUT2D eigenvalue weighted by atomic mass is 35.5. The molecular weight excluding hydrogens is 736 g/mol. The van der Waals surface area contributed by atoms with E-state index in [0.717, 1.165) is 84.6 Å². The number of carbonyl (C=O) groups is 1. The predicted octanol–water partition coefficient (Wildman–Crippen LogP) is 9.20. The number of anilines is 2. The van der Waals surface area contributed by atoms with Crippen molar-refractivity contribution in [1.29, 1.82) is 0 Å². The standard InChI is InChI=1S/C42H45ClN6O3S2/c1-46(2)23-22-35(30-53-37-9-4-3-5-10-37)44-40-21-20-38(28-41(40)49(51)52)54-45-42(50)32-14-18-36(19-15-32)48-26-24-47(25-27-48)29-33-8-6-7-11-39(33)31-12-16-34(43)17-13-31/h3-21,28,35,44H,22-27,29-30H2,1-2H3,(H,45,50). The van der Waals surface area contributed by atoms with Gasteiger partial charge in [-0.15, -0.1) is 11.8 Å². The van der Waals surface area contributed by atoms with Crippen LogP contribution in [0.3, 0.4) is 0 Å². The summed E-state index contributed by atoms with van der Waals surface area (Å²) in [5, 5.41) is 16.3. The maximum Gasteiger partial charge on any atom is 0.293 e. The minimum atomic E-state index is -0.375. The molecule has 1 aliphatic rings. The van der Waals surface area contributed by atoms with Crippen molar-refractivity contribution >= 4 is 58.3 Å². The van der Waals surface area contributed by atoms with Gasteiger partial charge in [-0.3, -0.25) is 24.5 Å². The quantitative estimate of drug-likeness (QED) is 0.0440. The van der Waals surface area contributed by atoms with E-state index in [4.69, 9.17) is 11.6 Å². The Hall–Kier alpha value is -4.52. The molecule has 0 saturated carbocycles. The van der Waals surface area contributed by atoms with Crippen molar-refractivity contribution in [3.8, 4) is 11.1 Å². The van der Waals surface area contributed by atoms with Gasteiger partial charge >= 0.3 is 0 Å². The Morgan fingerprint density at radius 2 is 1.57 bits per heavy atom. The Bertz CT molecular complexity index is 1990. The third-order valence-corrected chi connectivity index (χ3v) is 11.5. The maximum atomic E-state index is 13.1. The van der Waals surface area contributed by atoms with Crippen LogP contribution in [-0.4, -0.2) is 79.2 Å². The molecule has 1 heterocycles. The van der Waals surface area contributed by atoms with E-state index in [-0.39, 0.29) is 22.6 Å². The number of hydrogen-bond acceptors (Lipinski definition) is 9. The summed E-state index contributed by atoms with van der Waals surface area (Å²) in [4.78, 5) is 33.5. The van der Waals surface area contributed by atoms with Gasteiger partial charge in [0.15, 0.2) is 0 Å². The average molecular weight is 781 g/mol. The second-order valence-electron chi connectivity index (χ2n) is 13.5. The Morgan fingerprint density at radius 1 is 0.870 bits per heavy atom. The average Bonchev–Trinajstić information content (AvgIpc) is 3.19. The fourth-order valence-electron chi connectivity index (χ4n) is 6.35. The summed E-state index contributed by atoms with van der Waals surface area (Å²) in [5.74, 6) is 0.500. The molecule has 0 radical (unpaired) electrons. The summed E-state index contributed by atoms with van der Waals surface area (Å²) < 4.78 is 2.86. The molecule has 12 heteroatoms. The highest BCUT2D eigenvalue weighted by Crippen LogP contribution is 2.32. The number of halogens is 1. The van der Waals surface area contributed by atoms with Crippen LogP contribution in [-0.2, 0) is 6.54 Å². The number of nitro groups is 1. The minimum Gasteiger partial charge on any atom is -0.376 e. The van der Waals surface area contributed by atoms with Crippen LogP contribution in [0.25, 0.3) is 11.1 Å². The van der Waals surface area contributed by atoms with Crippen molar-refractivity contribution < 1.29 is 9.72 Å². The van der Waals surface area contributed by atoms with Crippen LogP contribution in [0.1, 0.15) is 22.3 Å². The lowest BCUT2D eigenvalue weighted by atomic mass is 9.99. The molecule has 1 saturated heterocycles. The number of benzene rings is 5. The first-order valence-corrected chi connectivity index (χ1v) is 20.2. The first-order chi connectivity index (χ1) is 26.2. The van der Waals surface area contributed by atoms with E-state index in [2.05, 4.69) is 73.3 Å². The van der Waals surface area contributed by atoms with Crippen LogP contribution in [0.4, 0.5) is 17.1 Å². The Morgan fingerprint density at radius 3 is 2.28 bits per heavy atom. The van der Waals surface area contributed by atoms with Crippen LogP contribution in [0.2, 0.25) is 5.02 Å². The van der Waals surface area contributed by atoms with Crippen LogP contribution < -0.4 is 14.9 Å². The lowest BCUT2D eigenvalue weighted by Gasteiger charge is -2.36. The highest BCUT2D eigenvalue weighted by molar-refractivity contribution is 7.99. The minimum absolute atomic E-state index is 0.0182. The fraction of sp³-hybridized carbons (Fsp3) is 0.262. The van der Waals surface area contributed by atoms with E-state index in [1.165, 1.54) is 17.2 Å². The molecule has 9 nitrogen and oxygen atoms in total. The molecule has 5 aromatic carbocycles. The summed E-state index contributed by atoms with van der Waals surface area (Å²) in [6.45, 7) is 5.35. The summed E-state index contributed by atoms with van der Waals surface area (Å²) in [6.07, 6.45) is 0.826. The number of carbonyl (C=O) groups excluding carboxylic acids is 1. The normalized spacial score (nSPS) is 13.8. The van der Waals surface area contributed by atoms with Gasteiger partial charge in [0, 0.05) is 76.6 Å². The second-order valence-corrected chi connectivity index (χ2v) is 15.9. The Labute approximate surface area is 331 Å². The predicted molar refractivity (Wildman–Crippen MR) is 225 cm³/mol. The molecule has 0 spiro atoms. The molecule has 1 atom stereocenters. The van der Waals surface area contributed by atoms with E-state index >= 15 is 0 Å². The first kappa shape index (κ1) is 39.2. The van der Waals surface area contributed by atoms with Crippen molar-refractivity contribution in [3.05, 3.63) is 148 Å². The lowest BCUT2D eigenvalue weighted by Crippen LogP contribution is -2.46. The van der Waals surface area contributed by atoms with Crippen LogP contribution in [0, 0.1) is 10.1 Å². The van der Waals surface area contributed by atoms with Gasteiger partial charge in [-0.1, -0.05) is 66.2 Å². The van der Waals surface area contributed by atoms with Gasteiger partial charge in [-0.05, 0) is 116 Å². The molecular formula is C42H45ClN6O3S2. The highest BCUT2D eigenvalue weighted by Gasteiger charge is 2.21. The maximum absolute atomic E-state index is 13.1. The van der Waals surface area contributed by atoms with Crippen molar-refractivity contribution in [2.45, 2.75) is 28.8 Å². The van der Waals surface area contributed by atoms with Gasteiger partial charge < -0.3 is 15.1 Å². The number of piperazine rings is 1. The second kappa shape index (κ2) is 19.2. The number of amides is 1. The van der Waals surface area contributed by atoms with Crippen molar-refractivity contribution in [2.24, 2.45) is 0 Å². The number of rotatable bonds is 16. The molecule has 6 rings (SSSR count). The summed E-state index contributed by atoms with van der Waals surface area (Å²) >= 11 is 8.92. The van der Waals surface area contributed by atoms with Gasteiger partial charge in [0.2, 0.25) is 0 Å². The molecule has 0 aromatic heterocycles. The molecule has 280 valence electrons. The van der Waals surface area contributed by atoms with Crippen LogP contribution in [0.5, 0.6) is 0 Å². The van der Waals surface area contributed by atoms with Gasteiger partial charge in [0.25, 0.3) is 11.6 Å². The molecule has 54 heavy (non-hydrogen) atoms. The molecule has 1 unspecified atom stereocenters. The zero-order valence-corrected chi connectivity index (χ0v) is 32.9. The molecule has 1 amide bonds. The summed E-state index contributed by atoms with van der Waals surface area (Å²) in [5.41, 5.74) is 5.72. The van der Waals surface area contributed by atoms with Crippen LogP contribution >= 0.6 is 35.3 Å². The Balaban J connectivity index is 1.01. The van der Waals surface area contributed by atoms with Gasteiger partial charge in [-0.2, -0.15) is 0 Å². The zero-order valence-electron chi connectivity index (χ0n) is 30.5. The number of thioether (sulfide) groups is 1. The van der Waals surface area contributed by atoms with Gasteiger partial charge in [-0.25, -0.2) is 0 Å². The van der Waals surface area contributed by atoms with Crippen LogP contribution in [0.15, 0.2) is 131 Å². The Kier molecular flexibility index (Phi) is 13.9. The van der Waals surface area contributed by atoms with E-state index in [0.29, 0.717) is 16.1 Å².